The van der Waals surface area contributed by atoms with Gasteiger partial charge in [-0.3, -0.25) is 9.97 Å². The average Bonchev–Trinajstić information content (AvgIpc) is 3.74. The molecule has 0 saturated heterocycles. The third-order valence-corrected chi connectivity index (χ3v) is 9.66. The van der Waals surface area contributed by atoms with E-state index in [1.54, 1.807) is 12.4 Å². The van der Waals surface area contributed by atoms with Gasteiger partial charge in [0, 0.05) is 39.7 Å². The van der Waals surface area contributed by atoms with Gasteiger partial charge in [0.05, 0.1) is 34.0 Å². The molecule has 5 heterocycles. The minimum absolute atomic E-state index is 0.712. The lowest BCUT2D eigenvalue weighted by atomic mass is 9.92. The lowest BCUT2D eigenvalue weighted by Crippen LogP contribution is -1.94. The van der Waals surface area contributed by atoms with Crippen molar-refractivity contribution in [2.75, 3.05) is 0 Å². The smallest absolute Gasteiger partial charge is 0.144 e. The van der Waals surface area contributed by atoms with Gasteiger partial charge < -0.3 is 0 Å². The van der Waals surface area contributed by atoms with Gasteiger partial charge in [0.15, 0.2) is 0 Å². The Morgan fingerprint density at radius 2 is 0.962 bits per heavy atom. The molecule has 0 aliphatic heterocycles. The van der Waals surface area contributed by atoms with E-state index in [2.05, 4.69) is 105 Å². The van der Waals surface area contributed by atoms with Gasteiger partial charge in [0.1, 0.15) is 11.0 Å². The number of benzene rings is 5. The van der Waals surface area contributed by atoms with Crippen LogP contribution in [0.25, 0.3) is 100 Å². The van der Waals surface area contributed by atoms with Crippen LogP contribution in [0, 0.1) is 0 Å². The third-order valence-electron chi connectivity index (χ3n) is 9.66. The van der Waals surface area contributed by atoms with Crippen LogP contribution in [0.3, 0.4) is 0 Å². The number of rotatable bonds is 6. The highest BCUT2D eigenvalue weighted by Crippen LogP contribution is 2.41. The van der Waals surface area contributed by atoms with Gasteiger partial charge in [0.2, 0.25) is 0 Å². The second kappa shape index (κ2) is 12.7. The van der Waals surface area contributed by atoms with Crippen molar-refractivity contribution in [2.24, 2.45) is 0 Å². The minimum Gasteiger partial charge on any atom is -0.255 e. The van der Waals surface area contributed by atoms with Crippen LogP contribution in [-0.2, 0) is 0 Å². The van der Waals surface area contributed by atoms with E-state index in [1.807, 2.05) is 72.8 Å². The third kappa shape index (κ3) is 5.48. The molecule has 0 amide bonds. The van der Waals surface area contributed by atoms with Crippen molar-refractivity contribution in [3.05, 3.63) is 170 Å². The molecule has 10 aromatic rings. The molecule has 53 heavy (non-hydrogen) atoms. The summed E-state index contributed by atoms with van der Waals surface area (Å²) in [4.78, 5) is 19.3. The summed E-state index contributed by atoms with van der Waals surface area (Å²) in [6.45, 7) is 0. The molecule has 7 heteroatoms. The van der Waals surface area contributed by atoms with Gasteiger partial charge in [-0.05, 0) is 92.7 Å². The van der Waals surface area contributed by atoms with Crippen LogP contribution in [0.2, 0.25) is 0 Å². The molecule has 5 aromatic carbocycles. The van der Waals surface area contributed by atoms with Crippen LogP contribution >= 0.6 is 0 Å². The number of pyridine rings is 4. The van der Waals surface area contributed by atoms with Crippen molar-refractivity contribution >= 4 is 32.7 Å². The zero-order valence-corrected chi connectivity index (χ0v) is 28.3. The van der Waals surface area contributed by atoms with Crippen molar-refractivity contribution < 1.29 is 4.63 Å². The summed E-state index contributed by atoms with van der Waals surface area (Å²) < 4.78 is 5.44. The lowest BCUT2D eigenvalue weighted by molar-refractivity contribution is 0.316. The lowest BCUT2D eigenvalue weighted by Gasteiger charge is -2.14. The number of aromatic nitrogens is 6. The van der Waals surface area contributed by atoms with Gasteiger partial charge >= 0.3 is 0 Å². The van der Waals surface area contributed by atoms with Crippen LogP contribution < -0.4 is 0 Å². The number of nitrogens with zero attached hydrogens (tertiary/aromatic N) is 6. The molecule has 0 bridgehead atoms. The molecule has 0 aliphatic rings. The fourth-order valence-corrected chi connectivity index (χ4v) is 7.09. The standard InChI is InChI=1S/C46H28N6O/c1-3-11-31(12-4-1)35-28-37-43(46-45(35)51-53-52-46)36-25-33(21-22-38(36)50-44(37)32-13-5-2-6-14-32)29-17-19-30(20-18-29)34-26-41(39-15-7-9-23-47-39)49-42(27-34)40-16-8-10-24-48-40/h1-28H. The highest BCUT2D eigenvalue weighted by Gasteiger charge is 2.20. The Morgan fingerprint density at radius 3 is 1.60 bits per heavy atom. The van der Waals surface area contributed by atoms with Gasteiger partial charge in [-0.25, -0.2) is 14.6 Å². The predicted molar refractivity (Wildman–Crippen MR) is 211 cm³/mol. The van der Waals surface area contributed by atoms with Crippen LogP contribution in [0.4, 0.5) is 0 Å². The van der Waals surface area contributed by atoms with Crippen LogP contribution in [0.15, 0.2) is 175 Å². The van der Waals surface area contributed by atoms with Crippen molar-refractivity contribution in [2.45, 2.75) is 0 Å². The Bertz CT molecular complexity index is 2860. The van der Waals surface area contributed by atoms with E-state index in [-0.39, 0.29) is 0 Å². The SMILES string of the molecule is c1ccc(-c2nc3ccc(-c4ccc(-c5cc(-c6ccccn6)nc(-c6ccccn6)c5)cc4)cc3c3c2cc(-c2ccccc2)c2nonc23)cc1. The molecule has 5 aromatic heterocycles. The Balaban J connectivity index is 1.12. The van der Waals surface area contributed by atoms with Gasteiger partial charge in [0.25, 0.3) is 0 Å². The van der Waals surface area contributed by atoms with Gasteiger partial charge in [-0.2, -0.15) is 0 Å². The Labute approximate surface area is 304 Å². The van der Waals surface area contributed by atoms with Crippen molar-refractivity contribution in [3.8, 4) is 67.4 Å². The van der Waals surface area contributed by atoms with E-state index >= 15 is 0 Å². The first-order chi connectivity index (χ1) is 26.3. The Hall–Kier alpha value is -7.38. The summed E-state index contributed by atoms with van der Waals surface area (Å²) in [6, 6.07) is 53.7. The van der Waals surface area contributed by atoms with Gasteiger partial charge in [-0.1, -0.05) is 103 Å². The molecular formula is C46H28N6O. The minimum atomic E-state index is 0.712. The summed E-state index contributed by atoms with van der Waals surface area (Å²) in [5.41, 5.74) is 13.7. The summed E-state index contributed by atoms with van der Waals surface area (Å²) in [5, 5.41) is 11.8. The average molecular weight is 681 g/mol. The van der Waals surface area contributed by atoms with Gasteiger partial charge in [-0.15, -0.1) is 0 Å². The van der Waals surface area contributed by atoms with E-state index < -0.39 is 0 Å². The molecule has 0 radical (unpaired) electrons. The maximum absolute atomic E-state index is 5.44. The number of hydrogen-bond donors (Lipinski definition) is 0. The normalized spacial score (nSPS) is 11.4. The molecule has 0 atom stereocenters. The molecule has 0 unspecified atom stereocenters. The van der Waals surface area contributed by atoms with E-state index in [1.165, 1.54) is 0 Å². The van der Waals surface area contributed by atoms with Crippen LogP contribution in [0.1, 0.15) is 0 Å². The van der Waals surface area contributed by atoms with Crippen LogP contribution in [0.5, 0.6) is 0 Å². The molecule has 0 aliphatic carbocycles. The molecule has 0 fully saturated rings. The summed E-state index contributed by atoms with van der Waals surface area (Å²) in [6.07, 6.45) is 3.58. The topological polar surface area (TPSA) is 90.5 Å². The zero-order chi connectivity index (χ0) is 35.1. The maximum Gasteiger partial charge on any atom is 0.144 e. The Kier molecular flexibility index (Phi) is 7.32. The van der Waals surface area contributed by atoms with E-state index in [0.717, 1.165) is 94.6 Å². The van der Waals surface area contributed by atoms with E-state index in [9.17, 15) is 0 Å². The molecule has 0 saturated carbocycles. The van der Waals surface area contributed by atoms with Crippen LogP contribution in [-0.4, -0.2) is 30.2 Å². The molecular weight excluding hydrogens is 653 g/mol. The first-order valence-electron chi connectivity index (χ1n) is 17.4. The van der Waals surface area contributed by atoms with E-state index in [0.29, 0.717) is 5.52 Å². The van der Waals surface area contributed by atoms with Crippen molar-refractivity contribution in [1.29, 1.82) is 0 Å². The zero-order valence-electron chi connectivity index (χ0n) is 28.3. The first kappa shape index (κ1) is 30.4. The number of hydrogen-bond acceptors (Lipinski definition) is 7. The highest BCUT2D eigenvalue weighted by atomic mass is 16.6. The molecule has 10 rings (SSSR count). The summed E-state index contributed by atoms with van der Waals surface area (Å²) in [7, 11) is 0. The maximum atomic E-state index is 5.44. The fraction of sp³-hybridized carbons (Fsp3) is 0. The quantitative estimate of drug-likeness (QED) is 0.161. The monoisotopic (exact) mass is 680 g/mol. The summed E-state index contributed by atoms with van der Waals surface area (Å²) >= 11 is 0. The first-order valence-corrected chi connectivity index (χ1v) is 17.4. The van der Waals surface area contributed by atoms with Crippen molar-refractivity contribution in [1.82, 2.24) is 30.2 Å². The molecule has 7 nitrogen and oxygen atoms in total. The molecule has 248 valence electrons. The second-order valence-electron chi connectivity index (χ2n) is 12.9. The fourth-order valence-electron chi connectivity index (χ4n) is 7.09. The predicted octanol–water partition coefficient (Wildman–Crippen LogP) is 11.1. The molecule has 0 spiro atoms. The Morgan fingerprint density at radius 1 is 0.377 bits per heavy atom. The number of fused-ring (bicyclic) bond motifs is 5. The highest BCUT2D eigenvalue weighted by molar-refractivity contribution is 6.23. The van der Waals surface area contributed by atoms with E-state index in [4.69, 9.17) is 14.6 Å². The summed E-state index contributed by atoms with van der Waals surface area (Å²) in [5.74, 6) is 0. The molecule has 0 N–H and O–H groups in total. The largest absolute Gasteiger partial charge is 0.255 e. The second-order valence-corrected chi connectivity index (χ2v) is 12.9. The van der Waals surface area contributed by atoms with Crippen molar-refractivity contribution in [3.63, 3.8) is 0 Å².